The maximum Gasteiger partial charge on any atom is 0.248 e. The number of nitriles is 1. The third kappa shape index (κ3) is 3.18. The summed E-state index contributed by atoms with van der Waals surface area (Å²) < 4.78 is 5.66. The number of benzene rings is 1. The van der Waals surface area contributed by atoms with E-state index in [4.69, 9.17) is 10.00 Å². The van der Waals surface area contributed by atoms with Crippen molar-refractivity contribution in [1.82, 2.24) is 4.90 Å². The predicted octanol–water partition coefficient (Wildman–Crippen LogP) is 3.11. The number of amides is 1. The summed E-state index contributed by atoms with van der Waals surface area (Å²) in [6, 6.07) is 9.89. The first-order chi connectivity index (χ1) is 11.7. The highest BCUT2D eigenvalue weighted by atomic mass is 16.5. The zero-order valence-corrected chi connectivity index (χ0v) is 14.0. The Bertz CT molecular complexity index is 635. The van der Waals surface area contributed by atoms with Crippen LogP contribution in [0.3, 0.4) is 0 Å². The third-order valence-electron chi connectivity index (χ3n) is 6.00. The Hall–Kier alpha value is -1.86. The number of carbonyl (C=O) groups is 1. The summed E-state index contributed by atoms with van der Waals surface area (Å²) in [5.41, 5.74) is 1.64. The molecule has 1 aromatic rings. The molecule has 2 unspecified atom stereocenters. The summed E-state index contributed by atoms with van der Waals surface area (Å²) in [6.07, 6.45) is 6.44. The molecule has 2 saturated heterocycles. The van der Waals surface area contributed by atoms with Crippen LogP contribution < -0.4 is 0 Å². The second-order valence-corrected chi connectivity index (χ2v) is 7.78. The van der Waals surface area contributed by atoms with E-state index in [9.17, 15) is 4.79 Å². The van der Waals surface area contributed by atoms with E-state index >= 15 is 0 Å². The Balaban J connectivity index is 1.32. The highest BCUT2D eigenvalue weighted by Gasteiger charge is 2.43. The van der Waals surface area contributed by atoms with E-state index < -0.39 is 0 Å². The average Bonchev–Trinajstić information content (AvgIpc) is 2.79. The van der Waals surface area contributed by atoms with Crippen LogP contribution in [-0.2, 0) is 16.1 Å². The van der Waals surface area contributed by atoms with Gasteiger partial charge in [0.15, 0.2) is 0 Å². The lowest BCUT2D eigenvalue weighted by Crippen LogP contribution is -2.43. The molecule has 1 amide bonds. The molecule has 24 heavy (non-hydrogen) atoms. The number of carbonyl (C=O) groups excluding carboxylic acids is 1. The lowest BCUT2D eigenvalue weighted by Gasteiger charge is -2.39. The van der Waals surface area contributed by atoms with Crippen molar-refractivity contribution in [3.8, 4) is 6.07 Å². The second-order valence-electron chi connectivity index (χ2n) is 7.78. The lowest BCUT2D eigenvalue weighted by molar-refractivity contribution is -0.139. The minimum Gasteiger partial charge on any atom is -0.367 e. The van der Waals surface area contributed by atoms with Crippen LogP contribution in [0, 0.1) is 29.1 Å². The Morgan fingerprint density at radius 2 is 1.75 bits per heavy atom. The summed E-state index contributed by atoms with van der Waals surface area (Å²) in [4.78, 5) is 14.8. The molecule has 0 N–H and O–H groups in total. The minimum atomic E-state index is 0.154. The molecular weight excluding hydrogens is 300 g/mol. The summed E-state index contributed by atoms with van der Waals surface area (Å²) in [7, 11) is 0. The predicted molar refractivity (Wildman–Crippen MR) is 89.9 cm³/mol. The van der Waals surface area contributed by atoms with Crippen molar-refractivity contribution in [2.45, 2.75) is 44.8 Å². The molecule has 2 heterocycles. The number of nitrogens with zero attached hydrogens (tertiary/aromatic N) is 2. The van der Waals surface area contributed by atoms with Crippen molar-refractivity contribution in [2.75, 3.05) is 13.2 Å². The fourth-order valence-corrected chi connectivity index (χ4v) is 5.10. The first kappa shape index (κ1) is 15.7. The first-order valence-corrected chi connectivity index (χ1v) is 9.07. The smallest absolute Gasteiger partial charge is 0.248 e. The normalized spacial score (nSPS) is 30.9. The van der Waals surface area contributed by atoms with Gasteiger partial charge in [0.1, 0.15) is 6.61 Å². The monoisotopic (exact) mass is 324 g/mol. The molecule has 0 aromatic heterocycles. The molecule has 4 heteroatoms. The molecule has 1 aromatic carbocycles. The highest BCUT2D eigenvalue weighted by molar-refractivity contribution is 5.78. The maximum atomic E-state index is 12.7. The second kappa shape index (κ2) is 6.57. The average molecular weight is 324 g/mol. The number of rotatable bonds is 4. The molecule has 2 atom stereocenters. The molecule has 4 nitrogen and oxygen atoms in total. The quantitative estimate of drug-likeness (QED) is 0.855. The number of ether oxygens (including phenoxy) is 1. The van der Waals surface area contributed by atoms with Crippen molar-refractivity contribution in [1.29, 1.82) is 5.26 Å². The van der Waals surface area contributed by atoms with Crippen LogP contribution in [0.5, 0.6) is 0 Å². The van der Waals surface area contributed by atoms with E-state index in [2.05, 4.69) is 11.0 Å². The fraction of sp³-hybridized carbons (Fsp3) is 0.600. The van der Waals surface area contributed by atoms with Gasteiger partial charge in [-0.2, -0.15) is 5.26 Å². The van der Waals surface area contributed by atoms with Gasteiger partial charge in [0, 0.05) is 12.6 Å². The third-order valence-corrected chi connectivity index (χ3v) is 6.00. The molecule has 4 bridgehead atoms. The summed E-state index contributed by atoms with van der Waals surface area (Å²) >= 11 is 0. The van der Waals surface area contributed by atoms with Crippen molar-refractivity contribution >= 4 is 5.91 Å². The van der Waals surface area contributed by atoms with Crippen LogP contribution in [0.1, 0.15) is 43.2 Å². The van der Waals surface area contributed by atoms with Gasteiger partial charge in [-0.05, 0) is 67.6 Å². The van der Waals surface area contributed by atoms with Gasteiger partial charge in [-0.25, -0.2) is 0 Å². The van der Waals surface area contributed by atoms with Crippen LogP contribution in [0.25, 0.3) is 0 Å². The Kier molecular flexibility index (Phi) is 4.28. The Morgan fingerprint density at radius 3 is 2.42 bits per heavy atom. The Labute approximate surface area is 143 Å². The van der Waals surface area contributed by atoms with Gasteiger partial charge in [0.25, 0.3) is 0 Å². The molecule has 2 saturated carbocycles. The standard InChI is InChI=1S/C20H24N2O2/c21-10-14-1-3-15(4-2-14)12-24-13-20(23)22-11-18-6-16-5-17(7-18)9-19(22)8-16/h1-4,16-19H,5-9,11-13H2. The molecule has 126 valence electrons. The van der Waals surface area contributed by atoms with E-state index in [0.29, 0.717) is 24.1 Å². The molecule has 2 aliphatic heterocycles. The van der Waals surface area contributed by atoms with E-state index in [1.165, 1.54) is 32.1 Å². The van der Waals surface area contributed by atoms with Crippen LogP contribution >= 0.6 is 0 Å². The van der Waals surface area contributed by atoms with Crippen molar-refractivity contribution in [3.05, 3.63) is 35.4 Å². The van der Waals surface area contributed by atoms with Crippen LogP contribution in [0.15, 0.2) is 24.3 Å². The number of fused-ring (bicyclic) bond motifs is 1. The Morgan fingerprint density at radius 1 is 1.08 bits per heavy atom. The van der Waals surface area contributed by atoms with Gasteiger partial charge in [-0.3, -0.25) is 4.79 Å². The molecule has 0 radical (unpaired) electrons. The van der Waals surface area contributed by atoms with E-state index in [-0.39, 0.29) is 12.5 Å². The van der Waals surface area contributed by atoms with Crippen molar-refractivity contribution in [3.63, 3.8) is 0 Å². The topological polar surface area (TPSA) is 53.3 Å². The number of hydrogen-bond donors (Lipinski definition) is 0. The van der Waals surface area contributed by atoms with Crippen LogP contribution in [0.4, 0.5) is 0 Å². The van der Waals surface area contributed by atoms with Crippen molar-refractivity contribution < 1.29 is 9.53 Å². The zero-order chi connectivity index (χ0) is 16.5. The number of hydrogen-bond acceptors (Lipinski definition) is 3. The lowest BCUT2D eigenvalue weighted by atomic mass is 9.68. The highest BCUT2D eigenvalue weighted by Crippen LogP contribution is 2.47. The molecule has 5 rings (SSSR count). The largest absolute Gasteiger partial charge is 0.367 e. The van der Waals surface area contributed by atoms with Gasteiger partial charge in [-0.1, -0.05) is 12.1 Å². The van der Waals surface area contributed by atoms with Crippen LogP contribution in [-0.4, -0.2) is 30.0 Å². The minimum absolute atomic E-state index is 0.154. The molecule has 4 fully saturated rings. The van der Waals surface area contributed by atoms with Gasteiger partial charge in [0.2, 0.25) is 5.91 Å². The van der Waals surface area contributed by atoms with Gasteiger partial charge in [-0.15, -0.1) is 0 Å². The fourth-order valence-electron chi connectivity index (χ4n) is 5.10. The zero-order valence-electron chi connectivity index (χ0n) is 14.0. The molecule has 0 spiro atoms. The van der Waals surface area contributed by atoms with Crippen LogP contribution in [0.2, 0.25) is 0 Å². The summed E-state index contributed by atoms with van der Waals surface area (Å²) in [5.74, 6) is 2.57. The molecule has 4 aliphatic rings. The SMILES string of the molecule is N#Cc1ccc(COCC(=O)N2CC3CC4CC(C3)CC2C4)cc1. The molecule has 2 aliphatic carbocycles. The summed E-state index contributed by atoms with van der Waals surface area (Å²) in [6.45, 7) is 1.53. The first-order valence-electron chi connectivity index (χ1n) is 9.07. The summed E-state index contributed by atoms with van der Waals surface area (Å²) in [5, 5.41) is 8.81. The van der Waals surface area contributed by atoms with E-state index in [1.54, 1.807) is 12.1 Å². The van der Waals surface area contributed by atoms with Crippen molar-refractivity contribution in [2.24, 2.45) is 17.8 Å². The van der Waals surface area contributed by atoms with Gasteiger partial charge < -0.3 is 9.64 Å². The van der Waals surface area contributed by atoms with Gasteiger partial charge >= 0.3 is 0 Å². The van der Waals surface area contributed by atoms with E-state index in [1.807, 2.05) is 12.1 Å². The van der Waals surface area contributed by atoms with Gasteiger partial charge in [0.05, 0.1) is 18.2 Å². The molecular formula is C20H24N2O2. The van der Waals surface area contributed by atoms with E-state index in [0.717, 1.165) is 23.9 Å². The maximum absolute atomic E-state index is 12.7.